The van der Waals surface area contributed by atoms with Crippen LogP contribution in [0.1, 0.15) is 84.4 Å². The minimum atomic E-state index is -0.954. The molecule has 1 atom stereocenters. The van der Waals surface area contributed by atoms with Crippen LogP contribution in [0.5, 0.6) is 5.75 Å². The molecule has 1 aliphatic carbocycles. The fraction of sp³-hybridized carbons (Fsp3) is 0.340. The van der Waals surface area contributed by atoms with Gasteiger partial charge >= 0.3 is 0 Å². The van der Waals surface area contributed by atoms with Crippen molar-refractivity contribution in [3.63, 3.8) is 0 Å². The number of halogens is 1. The summed E-state index contributed by atoms with van der Waals surface area (Å²) >= 11 is 3.59. The summed E-state index contributed by atoms with van der Waals surface area (Å²) in [6.07, 6.45) is 11.4. The van der Waals surface area contributed by atoms with E-state index in [0.29, 0.717) is 24.3 Å². The fourth-order valence-corrected chi connectivity index (χ4v) is 8.34. The molecule has 0 radical (unpaired) electrons. The summed E-state index contributed by atoms with van der Waals surface area (Å²) in [5.74, 6) is 1.73. The normalized spacial score (nSPS) is 19.9. The lowest BCUT2D eigenvalue weighted by Gasteiger charge is -2.36. The van der Waals surface area contributed by atoms with Crippen molar-refractivity contribution in [1.82, 2.24) is 0 Å². The van der Waals surface area contributed by atoms with E-state index >= 15 is 0 Å². The van der Waals surface area contributed by atoms with E-state index in [0.717, 1.165) is 46.2 Å². The highest BCUT2D eigenvalue weighted by Gasteiger charge is 2.41. The predicted octanol–water partition coefficient (Wildman–Crippen LogP) is 11.8. The molecule has 1 N–H and O–H groups in total. The zero-order valence-electron chi connectivity index (χ0n) is 34.5. The molecule has 0 saturated carbocycles. The molecule has 2 heterocycles. The number of benzene rings is 3. The quantitative estimate of drug-likeness (QED) is 0.202. The van der Waals surface area contributed by atoms with Crippen molar-refractivity contribution >= 4 is 21.6 Å². The second-order valence-electron chi connectivity index (χ2n) is 17.3. The lowest BCUT2D eigenvalue weighted by molar-refractivity contribution is 0.0954. The number of nitrogens with zero attached hydrogens (tertiary/aromatic N) is 4. The van der Waals surface area contributed by atoms with Gasteiger partial charge in [-0.1, -0.05) is 111 Å². The zero-order valence-corrected chi connectivity index (χ0v) is 36.1. The third kappa shape index (κ3) is 8.78. The van der Waals surface area contributed by atoms with Gasteiger partial charge in [0.1, 0.15) is 40.9 Å². The molecule has 58 heavy (non-hydrogen) atoms. The second kappa shape index (κ2) is 17.1. The van der Waals surface area contributed by atoms with Crippen molar-refractivity contribution in [3.05, 3.63) is 163 Å². The summed E-state index contributed by atoms with van der Waals surface area (Å²) in [5.41, 5.74) is 7.29. The van der Waals surface area contributed by atoms with E-state index in [2.05, 4.69) is 122 Å². The summed E-state index contributed by atoms with van der Waals surface area (Å²) in [6.45, 7) is 15.9. The van der Waals surface area contributed by atoms with E-state index in [1.807, 2.05) is 62.4 Å². The molecule has 3 aromatic rings. The van der Waals surface area contributed by atoms with Crippen LogP contribution in [0.2, 0.25) is 0 Å². The van der Waals surface area contributed by atoms with E-state index in [4.69, 9.17) is 9.47 Å². The Morgan fingerprint density at radius 2 is 1.59 bits per heavy atom. The van der Waals surface area contributed by atoms with Gasteiger partial charge in [-0.3, -0.25) is 0 Å². The summed E-state index contributed by atoms with van der Waals surface area (Å²) in [7, 11) is 0. The number of aryl methyl sites for hydroxylation is 1. The molecule has 3 aliphatic rings. The average Bonchev–Trinajstić information content (AvgIpc) is 3.57. The topological polar surface area (TPSA) is 113 Å². The van der Waals surface area contributed by atoms with Gasteiger partial charge < -0.3 is 19.5 Å². The van der Waals surface area contributed by atoms with E-state index in [9.17, 15) is 20.9 Å². The first-order chi connectivity index (χ1) is 27.6. The van der Waals surface area contributed by atoms with E-state index in [-0.39, 0.29) is 40.3 Å². The highest BCUT2D eigenvalue weighted by molar-refractivity contribution is 9.10. The van der Waals surface area contributed by atoms with Gasteiger partial charge in [0.2, 0.25) is 0 Å². The van der Waals surface area contributed by atoms with Gasteiger partial charge in [-0.05, 0) is 115 Å². The van der Waals surface area contributed by atoms with Crippen LogP contribution in [-0.4, -0.2) is 17.3 Å². The van der Waals surface area contributed by atoms with Crippen molar-refractivity contribution in [2.24, 2.45) is 11.3 Å². The van der Waals surface area contributed by atoms with Crippen LogP contribution < -0.4 is 9.64 Å². The van der Waals surface area contributed by atoms with Gasteiger partial charge in [0.05, 0.1) is 0 Å². The number of hydrogen-bond acceptors (Lipinski definition) is 7. The van der Waals surface area contributed by atoms with Gasteiger partial charge in [0, 0.05) is 40.0 Å². The molecule has 3 aromatic carbocycles. The number of hydrogen-bond donors (Lipinski definition) is 1. The Hall–Kier alpha value is -5.59. The van der Waals surface area contributed by atoms with Crippen molar-refractivity contribution in [2.75, 3.05) is 11.5 Å². The summed E-state index contributed by atoms with van der Waals surface area (Å²) in [4.78, 5) is 2.43. The number of rotatable bonds is 10. The number of fused-ring (bicyclic) bond motifs is 1. The van der Waals surface area contributed by atoms with Gasteiger partial charge in [-0.15, -0.1) is 0 Å². The van der Waals surface area contributed by atoms with Gasteiger partial charge in [-0.25, -0.2) is 0 Å². The standard InChI is InChI=1S/C50H51BrN4O3/c1-48(2,3)38-27-35(18-24-42-41(31-54)47(37(29-52)30-53)58-50(42,6)7)46(57-40-22-16-33(17-23-40)11-10-26-56)36(28-38)19-25-45-49(4,5)43-12-8-9-13-44(43)55(45)32-34-14-20-39(51)21-15-34/h8-9,12-25,38,56H,10-11,26-28,32H2,1-7H3/b24-18+,36-19+,45-25-. The largest absolute Gasteiger partial charge is 0.480 e. The minimum absolute atomic E-state index is 0.0141. The monoisotopic (exact) mass is 834 g/mol. The van der Waals surface area contributed by atoms with E-state index in [1.54, 1.807) is 0 Å². The number of ether oxygens (including phenoxy) is 2. The Morgan fingerprint density at radius 1 is 0.914 bits per heavy atom. The number of anilines is 1. The molecular weight excluding hydrogens is 784 g/mol. The molecule has 8 heteroatoms. The Labute approximate surface area is 352 Å². The number of aliphatic hydroxyl groups excluding tert-OH is 1. The van der Waals surface area contributed by atoms with Crippen LogP contribution in [0, 0.1) is 45.3 Å². The maximum absolute atomic E-state index is 10.3. The Morgan fingerprint density at radius 3 is 2.22 bits per heavy atom. The maximum Gasteiger partial charge on any atom is 0.172 e. The molecule has 1 unspecified atom stereocenters. The maximum atomic E-state index is 10.3. The fourth-order valence-electron chi connectivity index (χ4n) is 8.08. The SMILES string of the molecule is CC1(C)OC(=C(C#N)C#N)C(C#N)=C1/C=C/C1=C(Oc2ccc(CCCO)cc2)C(=C/C=C2\N(Cc3ccc(Br)cc3)c3ccccc3C2(C)C)/CC(C(C)(C)C)C1. The third-order valence-corrected chi connectivity index (χ3v) is 12.0. The smallest absolute Gasteiger partial charge is 0.172 e. The first kappa shape index (κ1) is 42.0. The van der Waals surface area contributed by atoms with E-state index in [1.165, 1.54) is 22.5 Å². The Bertz CT molecular complexity index is 2370. The van der Waals surface area contributed by atoms with Crippen molar-refractivity contribution in [3.8, 4) is 24.0 Å². The number of allylic oxidation sites excluding steroid dienone is 8. The lowest BCUT2D eigenvalue weighted by Crippen LogP contribution is -2.27. The number of aliphatic hydroxyl groups is 1. The molecule has 6 rings (SSSR count). The summed E-state index contributed by atoms with van der Waals surface area (Å²) in [6, 6.07) is 31.2. The molecule has 296 valence electrons. The van der Waals surface area contributed by atoms with Crippen LogP contribution >= 0.6 is 15.9 Å². The van der Waals surface area contributed by atoms with Gasteiger partial charge in [0.25, 0.3) is 0 Å². The van der Waals surface area contributed by atoms with E-state index < -0.39 is 5.60 Å². The predicted molar refractivity (Wildman–Crippen MR) is 233 cm³/mol. The zero-order chi connectivity index (χ0) is 41.8. The lowest BCUT2D eigenvalue weighted by atomic mass is 9.70. The molecule has 7 nitrogen and oxygen atoms in total. The first-order valence-corrected chi connectivity index (χ1v) is 20.6. The van der Waals surface area contributed by atoms with Crippen molar-refractivity contribution < 1.29 is 14.6 Å². The summed E-state index contributed by atoms with van der Waals surface area (Å²) < 4.78 is 14.1. The molecule has 2 aliphatic heterocycles. The minimum Gasteiger partial charge on any atom is -0.480 e. The van der Waals surface area contributed by atoms with Crippen LogP contribution in [-0.2, 0) is 23.1 Å². The van der Waals surface area contributed by atoms with Crippen LogP contribution in [0.4, 0.5) is 5.69 Å². The molecule has 0 amide bonds. The molecule has 0 spiro atoms. The van der Waals surface area contributed by atoms with Gasteiger partial charge in [0.15, 0.2) is 11.3 Å². The first-order valence-electron chi connectivity index (χ1n) is 19.8. The van der Waals surface area contributed by atoms with Gasteiger partial charge in [-0.2, -0.15) is 15.8 Å². The highest BCUT2D eigenvalue weighted by Crippen LogP contribution is 2.50. The molecule has 0 bridgehead atoms. The van der Waals surface area contributed by atoms with Crippen LogP contribution in [0.15, 0.2) is 147 Å². The highest BCUT2D eigenvalue weighted by atomic mass is 79.9. The third-order valence-electron chi connectivity index (χ3n) is 11.5. The number of nitriles is 3. The number of para-hydroxylation sites is 1. The van der Waals surface area contributed by atoms with Crippen LogP contribution in [0.25, 0.3) is 0 Å². The summed E-state index contributed by atoms with van der Waals surface area (Å²) in [5, 5.41) is 39.0. The average molecular weight is 836 g/mol. The Balaban J connectivity index is 1.53. The van der Waals surface area contributed by atoms with Crippen LogP contribution in [0.3, 0.4) is 0 Å². The second-order valence-corrected chi connectivity index (χ2v) is 18.2. The van der Waals surface area contributed by atoms with Crippen molar-refractivity contribution in [1.29, 1.82) is 15.8 Å². The molecular formula is C50H51BrN4O3. The molecule has 0 fully saturated rings. The molecule has 0 aromatic heterocycles. The van der Waals surface area contributed by atoms with Crippen molar-refractivity contribution in [2.45, 2.75) is 91.7 Å². The molecule has 0 saturated heterocycles. The Kier molecular flexibility index (Phi) is 12.4.